The van der Waals surface area contributed by atoms with Crippen LogP contribution in [0.15, 0.2) is 140 Å². The summed E-state index contributed by atoms with van der Waals surface area (Å²) in [6.45, 7) is 41.0. The van der Waals surface area contributed by atoms with Crippen LogP contribution in [0.25, 0.3) is 0 Å². The molecule has 0 aromatic heterocycles. The van der Waals surface area contributed by atoms with Gasteiger partial charge in [-0.05, 0) is 309 Å². The summed E-state index contributed by atoms with van der Waals surface area (Å²) in [4.78, 5) is 7.64. The topological polar surface area (TPSA) is 9.72 Å². The minimum absolute atomic E-state index is 0.798. The molecular weight excluding hydrogens is 919 g/mol. The molecule has 0 unspecified atom stereocenters. The fraction of sp³-hybridized carbons (Fsp3) is 0.260. The second kappa shape index (κ2) is 19.5. The molecule has 9 aromatic rings. The van der Waals surface area contributed by atoms with Crippen molar-refractivity contribution in [3.05, 3.63) is 262 Å². The summed E-state index contributed by atoms with van der Waals surface area (Å²) in [5.74, 6) is 0. The van der Waals surface area contributed by atoms with Gasteiger partial charge in [-0.3, -0.25) is 0 Å². The van der Waals surface area contributed by atoms with E-state index in [1.54, 1.807) is 0 Å². The molecule has 1 aliphatic heterocycles. The summed E-state index contributed by atoms with van der Waals surface area (Å²) in [5.41, 5.74) is 38.1. The zero-order valence-electron chi connectivity index (χ0n) is 48.6. The van der Waals surface area contributed by atoms with E-state index < -0.39 is 5.41 Å². The SMILES string of the molecule is Cc1ccc(N2c3ccccc3C(c3cccc(N(c4cc(C)c(C)c(C)c4C)c4cc(C)c(C)c(C)c4C)c3)(c3cccc(N(c4cc(C)c(C)c(C)c4C)c4cc(C)c(C)c(C)c4C)c3)c3cc(C)ccc32)cc1. The summed E-state index contributed by atoms with van der Waals surface area (Å²) in [6, 6.07) is 54.2. The standard InChI is InChI=1S/C73H77N3/c1-42-29-32-62(33-30-42)74-67-28-20-19-27-65(67)73(66-35-43(2)31-34-68(66)74,60-23-21-25-63(40-60)75(69-36-44(3)48(7)52(11)56(69)15)70-37-45(4)49(8)53(12)57(70)16)61-24-22-26-64(41-61)76(71-38-46(5)50(9)54(13)58(71)17)72-39-47(6)51(10)55(14)59(72)18/h19-41H,1-18H3. The van der Waals surface area contributed by atoms with Crippen LogP contribution in [0, 0.1) is 125 Å². The average Bonchev–Trinajstić information content (AvgIpc) is 3.61. The second-order valence-electron chi connectivity index (χ2n) is 22.6. The van der Waals surface area contributed by atoms with Crippen molar-refractivity contribution in [1.29, 1.82) is 0 Å². The molecule has 0 atom stereocenters. The Morgan fingerprint density at radius 1 is 0.289 bits per heavy atom. The van der Waals surface area contributed by atoms with Gasteiger partial charge in [0.15, 0.2) is 0 Å². The van der Waals surface area contributed by atoms with Gasteiger partial charge in [0.25, 0.3) is 0 Å². The van der Waals surface area contributed by atoms with Crippen LogP contribution in [-0.2, 0) is 5.41 Å². The number of hydrogen-bond acceptors (Lipinski definition) is 3. The molecule has 3 nitrogen and oxygen atoms in total. The van der Waals surface area contributed by atoms with E-state index in [-0.39, 0.29) is 0 Å². The Kier molecular flexibility index (Phi) is 13.3. The van der Waals surface area contributed by atoms with Crippen molar-refractivity contribution in [2.45, 2.75) is 130 Å². The Hall–Kier alpha value is -7.62. The van der Waals surface area contributed by atoms with Crippen LogP contribution < -0.4 is 14.7 Å². The van der Waals surface area contributed by atoms with Gasteiger partial charge < -0.3 is 14.7 Å². The van der Waals surface area contributed by atoms with Crippen LogP contribution >= 0.6 is 0 Å². The van der Waals surface area contributed by atoms with Crippen LogP contribution in [0.2, 0.25) is 0 Å². The van der Waals surface area contributed by atoms with E-state index in [0.717, 1.165) is 22.7 Å². The first-order valence-corrected chi connectivity index (χ1v) is 27.4. The number of benzene rings is 9. The van der Waals surface area contributed by atoms with Gasteiger partial charge in [0.2, 0.25) is 0 Å². The molecule has 0 saturated heterocycles. The van der Waals surface area contributed by atoms with Crippen molar-refractivity contribution in [3.63, 3.8) is 0 Å². The molecule has 0 spiro atoms. The number of aryl methyl sites for hydroxylation is 6. The van der Waals surface area contributed by atoms with Gasteiger partial charge in [0.05, 0.1) is 16.8 Å². The third-order valence-electron chi connectivity index (χ3n) is 18.5. The largest absolute Gasteiger partial charge is 0.310 e. The Morgan fingerprint density at radius 2 is 0.658 bits per heavy atom. The Bertz CT molecular complexity index is 3510. The van der Waals surface area contributed by atoms with E-state index in [1.165, 1.54) is 151 Å². The molecule has 0 bridgehead atoms. The molecule has 3 heteroatoms. The van der Waals surface area contributed by atoms with Gasteiger partial charge in [-0.25, -0.2) is 0 Å². The smallest absolute Gasteiger partial charge is 0.0743 e. The lowest BCUT2D eigenvalue weighted by Gasteiger charge is -2.47. The third-order valence-corrected chi connectivity index (χ3v) is 18.5. The fourth-order valence-electron chi connectivity index (χ4n) is 12.4. The normalized spacial score (nSPS) is 12.7. The van der Waals surface area contributed by atoms with E-state index in [1.807, 2.05) is 0 Å². The first-order chi connectivity index (χ1) is 36.2. The van der Waals surface area contributed by atoms with Crippen molar-refractivity contribution in [2.24, 2.45) is 0 Å². The van der Waals surface area contributed by atoms with Crippen molar-refractivity contribution in [2.75, 3.05) is 14.7 Å². The van der Waals surface area contributed by atoms with Crippen molar-refractivity contribution in [3.8, 4) is 0 Å². The summed E-state index contributed by atoms with van der Waals surface area (Å²) in [7, 11) is 0. The molecule has 0 fully saturated rings. The maximum Gasteiger partial charge on any atom is 0.0743 e. The van der Waals surface area contributed by atoms with Crippen molar-refractivity contribution >= 4 is 51.2 Å². The molecule has 0 amide bonds. The molecule has 384 valence electrons. The molecule has 0 saturated carbocycles. The van der Waals surface area contributed by atoms with Crippen molar-refractivity contribution < 1.29 is 0 Å². The third kappa shape index (κ3) is 8.17. The first-order valence-electron chi connectivity index (χ1n) is 27.4. The van der Waals surface area contributed by atoms with Gasteiger partial charge >= 0.3 is 0 Å². The number of hydrogen-bond donors (Lipinski definition) is 0. The fourth-order valence-corrected chi connectivity index (χ4v) is 12.4. The van der Waals surface area contributed by atoms with E-state index >= 15 is 0 Å². The maximum atomic E-state index is 2.57. The van der Waals surface area contributed by atoms with Crippen LogP contribution in [0.5, 0.6) is 0 Å². The number of rotatable bonds is 9. The van der Waals surface area contributed by atoms with Gasteiger partial charge in [0.1, 0.15) is 0 Å². The predicted molar refractivity (Wildman–Crippen MR) is 328 cm³/mol. The van der Waals surface area contributed by atoms with E-state index in [0.29, 0.717) is 0 Å². The molecule has 0 N–H and O–H groups in total. The van der Waals surface area contributed by atoms with Crippen LogP contribution in [-0.4, -0.2) is 0 Å². The highest BCUT2D eigenvalue weighted by Crippen LogP contribution is 2.59. The summed E-state index contributed by atoms with van der Waals surface area (Å²) in [6.07, 6.45) is 0. The Morgan fingerprint density at radius 3 is 1.07 bits per heavy atom. The molecule has 1 aliphatic rings. The molecule has 10 rings (SSSR count). The molecule has 9 aromatic carbocycles. The lowest BCUT2D eigenvalue weighted by Crippen LogP contribution is -2.38. The average molecular weight is 996 g/mol. The highest BCUT2D eigenvalue weighted by molar-refractivity contribution is 5.92. The zero-order valence-corrected chi connectivity index (χ0v) is 48.6. The number of fused-ring (bicyclic) bond motifs is 2. The maximum absolute atomic E-state index is 2.57. The van der Waals surface area contributed by atoms with Crippen molar-refractivity contribution in [1.82, 2.24) is 0 Å². The number of para-hydroxylation sites is 1. The molecule has 0 radical (unpaired) electrons. The van der Waals surface area contributed by atoms with Gasteiger partial charge in [0, 0.05) is 39.8 Å². The summed E-state index contributed by atoms with van der Waals surface area (Å²) in [5, 5.41) is 0. The van der Waals surface area contributed by atoms with Gasteiger partial charge in [-0.1, -0.05) is 77.9 Å². The minimum Gasteiger partial charge on any atom is -0.310 e. The Balaban J connectivity index is 1.35. The first kappa shape index (κ1) is 51.8. The van der Waals surface area contributed by atoms with Crippen LogP contribution in [0.1, 0.15) is 122 Å². The number of nitrogens with zero attached hydrogens (tertiary/aromatic N) is 3. The number of anilines is 9. The monoisotopic (exact) mass is 996 g/mol. The lowest BCUT2D eigenvalue weighted by atomic mass is 9.62. The lowest BCUT2D eigenvalue weighted by molar-refractivity contribution is 0.730. The summed E-state index contributed by atoms with van der Waals surface area (Å²) < 4.78 is 0. The molecular formula is C73H77N3. The van der Waals surface area contributed by atoms with E-state index in [4.69, 9.17) is 0 Å². The van der Waals surface area contributed by atoms with E-state index in [2.05, 4.69) is 279 Å². The Labute approximate surface area is 455 Å². The molecule has 76 heavy (non-hydrogen) atoms. The second-order valence-corrected chi connectivity index (χ2v) is 22.6. The highest BCUT2D eigenvalue weighted by Gasteiger charge is 2.47. The zero-order chi connectivity index (χ0) is 54.4. The molecule has 0 aliphatic carbocycles. The molecule has 1 heterocycles. The van der Waals surface area contributed by atoms with Gasteiger partial charge in [-0.15, -0.1) is 0 Å². The van der Waals surface area contributed by atoms with Gasteiger partial charge in [-0.2, -0.15) is 0 Å². The van der Waals surface area contributed by atoms with Crippen LogP contribution in [0.4, 0.5) is 51.2 Å². The minimum atomic E-state index is -0.798. The highest BCUT2D eigenvalue weighted by atomic mass is 15.2. The summed E-state index contributed by atoms with van der Waals surface area (Å²) >= 11 is 0. The van der Waals surface area contributed by atoms with Crippen LogP contribution in [0.3, 0.4) is 0 Å². The quantitative estimate of drug-likeness (QED) is 0.143. The predicted octanol–water partition coefficient (Wildman–Crippen LogP) is 20.3. The van der Waals surface area contributed by atoms with E-state index in [9.17, 15) is 0 Å².